The second-order valence-electron chi connectivity index (χ2n) is 4.94. The zero-order chi connectivity index (χ0) is 9.99. The van der Waals surface area contributed by atoms with Gasteiger partial charge in [0.15, 0.2) is 0 Å². The molecule has 12 heavy (non-hydrogen) atoms. The van der Waals surface area contributed by atoms with E-state index in [2.05, 4.69) is 33.9 Å². The van der Waals surface area contributed by atoms with Crippen LogP contribution in [0.25, 0.3) is 0 Å². The quantitative estimate of drug-likeness (QED) is 0.519. The summed E-state index contributed by atoms with van der Waals surface area (Å²) < 4.78 is 0. The highest BCUT2D eigenvalue weighted by atomic mass is 28.3. The lowest BCUT2D eigenvalue weighted by molar-refractivity contribution is 0.284. The molecule has 1 atom stereocenters. The van der Waals surface area contributed by atoms with Crippen molar-refractivity contribution in [2.45, 2.75) is 51.6 Å². The van der Waals surface area contributed by atoms with Crippen molar-refractivity contribution in [3.63, 3.8) is 0 Å². The summed E-state index contributed by atoms with van der Waals surface area (Å²) in [5.41, 5.74) is -0.220. The van der Waals surface area contributed by atoms with E-state index in [4.69, 9.17) is 0 Å². The molecule has 0 aliphatic heterocycles. The summed E-state index contributed by atoms with van der Waals surface area (Å²) in [6, 6.07) is 0. The van der Waals surface area contributed by atoms with Crippen molar-refractivity contribution in [2.24, 2.45) is 0 Å². The van der Waals surface area contributed by atoms with Crippen molar-refractivity contribution in [3.8, 4) is 0 Å². The topological polar surface area (TPSA) is 20.2 Å². The molecule has 0 amide bonds. The van der Waals surface area contributed by atoms with Crippen LogP contribution in [0.2, 0.25) is 18.1 Å². The van der Waals surface area contributed by atoms with E-state index in [0.29, 0.717) is 0 Å². The largest absolute Gasteiger partial charge is 0.393 e. The third-order valence-corrected chi connectivity index (χ3v) is 8.58. The van der Waals surface area contributed by atoms with Gasteiger partial charge in [-0.15, -0.1) is 0 Å². The minimum absolute atomic E-state index is 0.220. The first-order valence-electron chi connectivity index (χ1n) is 4.54. The first-order chi connectivity index (χ1) is 5.23. The third kappa shape index (κ3) is 2.46. The molecule has 1 nitrogen and oxygen atoms in total. The lowest BCUT2D eigenvalue weighted by atomic mass is 10.2. The molecule has 0 aromatic rings. The average molecular weight is 186 g/mol. The van der Waals surface area contributed by atoms with Gasteiger partial charge in [-0.1, -0.05) is 46.0 Å². The first kappa shape index (κ1) is 11.9. The van der Waals surface area contributed by atoms with Gasteiger partial charge in [0, 0.05) is 0 Å². The average Bonchev–Trinajstić information content (AvgIpc) is 1.85. The fraction of sp³-hybridized carbons (Fsp3) is 0.800. The Bertz CT molecular complexity index is 165. The Morgan fingerprint density at radius 2 is 1.67 bits per heavy atom. The monoisotopic (exact) mass is 186 g/mol. The van der Waals surface area contributed by atoms with Crippen LogP contribution in [-0.2, 0) is 0 Å². The summed E-state index contributed by atoms with van der Waals surface area (Å²) >= 11 is 0. The van der Waals surface area contributed by atoms with Crippen LogP contribution in [0.4, 0.5) is 0 Å². The van der Waals surface area contributed by atoms with Crippen molar-refractivity contribution >= 4 is 8.07 Å². The predicted octanol–water partition coefficient (Wildman–Crippen LogP) is 2.97. The molecule has 2 heteroatoms. The number of aliphatic hydroxyl groups excluding tert-OH is 1. The van der Waals surface area contributed by atoms with E-state index < -0.39 is 8.07 Å². The van der Waals surface area contributed by atoms with Crippen LogP contribution in [-0.4, -0.2) is 18.9 Å². The number of hydrogen-bond donors (Lipinski definition) is 1. The molecule has 0 fully saturated rings. The van der Waals surface area contributed by atoms with Crippen LogP contribution in [0, 0.1) is 0 Å². The lowest BCUT2D eigenvalue weighted by Gasteiger charge is -2.39. The molecule has 0 radical (unpaired) electrons. The van der Waals surface area contributed by atoms with Gasteiger partial charge in [-0.3, -0.25) is 0 Å². The van der Waals surface area contributed by atoms with Gasteiger partial charge in [0.2, 0.25) is 0 Å². The summed E-state index contributed by atoms with van der Waals surface area (Å²) in [6.45, 7) is 13.1. The second kappa shape index (κ2) is 3.75. The van der Waals surface area contributed by atoms with Crippen LogP contribution in [0.5, 0.6) is 0 Å². The molecule has 0 saturated heterocycles. The van der Waals surface area contributed by atoms with E-state index in [-0.39, 0.29) is 10.8 Å². The first-order valence-corrected chi connectivity index (χ1v) is 7.62. The van der Waals surface area contributed by atoms with Gasteiger partial charge >= 0.3 is 0 Å². The molecular formula is C10H22OSi. The van der Waals surface area contributed by atoms with Crippen molar-refractivity contribution in [1.29, 1.82) is 0 Å². The molecule has 0 rings (SSSR count). The van der Waals surface area contributed by atoms with Gasteiger partial charge in [-0.05, 0) is 12.0 Å². The number of rotatable bonds is 2. The molecule has 0 aliphatic rings. The van der Waals surface area contributed by atoms with Gasteiger partial charge < -0.3 is 5.11 Å². The highest BCUT2D eigenvalue weighted by Crippen LogP contribution is 2.38. The van der Waals surface area contributed by atoms with Gasteiger partial charge in [0.05, 0.1) is 13.8 Å². The summed E-state index contributed by atoms with van der Waals surface area (Å²) in [4.78, 5) is 0. The maximum absolute atomic E-state index is 9.89. The van der Waals surface area contributed by atoms with Crippen LogP contribution < -0.4 is 0 Å². The van der Waals surface area contributed by atoms with E-state index in [1.54, 1.807) is 0 Å². The molecular weight excluding hydrogens is 164 g/mol. The highest BCUT2D eigenvalue weighted by molar-refractivity contribution is 6.81. The Kier molecular flexibility index (Phi) is 3.73. The Labute approximate surface area is 77.5 Å². The van der Waals surface area contributed by atoms with Crippen molar-refractivity contribution < 1.29 is 5.11 Å². The van der Waals surface area contributed by atoms with Crippen LogP contribution in [0.1, 0.15) is 27.7 Å². The summed E-state index contributed by atoms with van der Waals surface area (Å²) in [7, 11) is -1.56. The Morgan fingerprint density at radius 1 is 1.25 bits per heavy atom. The molecule has 1 N–H and O–H groups in total. The Morgan fingerprint density at radius 3 is 1.92 bits per heavy atom. The second-order valence-corrected chi connectivity index (χ2v) is 10.5. The standard InChI is InChI=1S/C10H22OSi/c1-7-8-9(11)12(5,6)10(2,3)4/h7-9,11H,1-6H3/b8-7-/t9-/m1/s1. The number of aliphatic hydroxyl groups is 1. The maximum atomic E-state index is 9.89. The van der Waals surface area contributed by atoms with Crippen molar-refractivity contribution in [1.82, 2.24) is 0 Å². The highest BCUT2D eigenvalue weighted by Gasteiger charge is 2.40. The van der Waals surface area contributed by atoms with Gasteiger partial charge in [0.25, 0.3) is 0 Å². The predicted molar refractivity (Wildman–Crippen MR) is 58.0 cm³/mol. The van der Waals surface area contributed by atoms with E-state index in [1.165, 1.54) is 0 Å². The maximum Gasteiger partial charge on any atom is 0.0914 e. The van der Waals surface area contributed by atoms with Crippen molar-refractivity contribution in [3.05, 3.63) is 12.2 Å². The van der Waals surface area contributed by atoms with Gasteiger partial charge in [0.1, 0.15) is 0 Å². The molecule has 0 aromatic heterocycles. The normalized spacial score (nSPS) is 16.9. The molecule has 0 spiro atoms. The molecule has 72 valence electrons. The molecule has 0 aromatic carbocycles. The number of hydrogen-bond acceptors (Lipinski definition) is 1. The van der Waals surface area contributed by atoms with Crippen LogP contribution in [0.3, 0.4) is 0 Å². The van der Waals surface area contributed by atoms with Crippen LogP contribution in [0.15, 0.2) is 12.2 Å². The zero-order valence-corrected chi connectivity index (χ0v) is 10.2. The third-order valence-electron chi connectivity index (χ3n) is 3.05. The van der Waals surface area contributed by atoms with Crippen LogP contribution >= 0.6 is 0 Å². The smallest absolute Gasteiger partial charge is 0.0914 e. The Hall–Kier alpha value is -0.0831. The molecule has 0 heterocycles. The van der Waals surface area contributed by atoms with Crippen molar-refractivity contribution in [2.75, 3.05) is 0 Å². The van der Waals surface area contributed by atoms with E-state index in [1.807, 2.05) is 19.1 Å². The van der Waals surface area contributed by atoms with E-state index in [9.17, 15) is 5.11 Å². The SMILES string of the molecule is C/C=C\[C@H](O)[Si](C)(C)C(C)(C)C. The fourth-order valence-electron chi connectivity index (χ4n) is 0.867. The lowest BCUT2D eigenvalue weighted by Crippen LogP contribution is -2.48. The molecule has 0 aliphatic carbocycles. The summed E-state index contributed by atoms with van der Waals surface area (Å²) in [5, 5.41) is 10.1. The van der Waals surface area contributed by atoms with E-state index >= 15 is 0 Å². The summed E-state index contributed by atoms with van der Waals surface area (Å²) in [6.07, 6.45) is 3.85. The molecule has 0 bridgehead atoms. The fourth-order valence-corrected chi connectivity index (χ4v) is 2.43. The van der Waals surface area contributed by atoms with E-state index in [0.717, 1.165) is 0 Å². The molecule has 0 saturated carbocycles. The minimum Gasteiger partial charge on any atom is -0.393 e. The zero-order valence-electron chi connectivity index (χ0n) is 9.18. The van der Waals surface area contributed by atoms with Gasteiger partial charge in [-0.25, -0.2) is 0 Å². The summed E-state index contributed by atoms with van der Waals surface area (Å²) in [5.74, 6) is 0. The number of allylic oxidation sites excluding steroid dienone is 1. The Balaban J connectivity index is 4.61. The van der Waals surface area contributed by atoms with Gasteiger partial charge in [-0.2, -0.15) is 0 Å². The molecule has 0 unspecified atom stereocenters. The minimum atomic E-state index is -1.56.